The summed E-state index contributed by atoms with van der Waals surface area (Å²) >= 11 is 0. The SMILES string of the molecule is CC(C)(C)Nc1cc(C#N)ncn1. The molecule has 1 heterocycles. The molecule has 0 saturated carbocycles. The van der Waals surface area contributed by atoms with Gasteiger partial charge < -0.3 is 5.32 Å². The molecular formula is C9H12N4. The molecule has 1 aromatic heterocycles. The first-order chi connectivity index (χ1) is 6.01. The third-order valence-corrected chi connectivity index (χ3v) is 1.28. The molecule has 4 nitrogen and oxygen atoms in total. The number of hydrogen-bond donors (Lipinski definition) is 1. The Morgan fingerprint density at radius 3 is 2.62 bits per heavy atom. The molecule has 0 aliphatic heterocycles. The fourth-order valence-corrected chi connectivity index (χ4v) is 0.871. The predicted molar refractivity (Wildman–Crippen MR) is 50.1 cm³/mol. The third-order valence-electron chi connectivity index (χ3n) is 1.28. The van der Waals surface area contributed by atoms with Crippen molar-refractivity contribution in [3.05, 3.63) is 18.1 Å². The molecule has 0 radical (unpaired) electrons. The van der Waals surface area contributed by atoms with Crippen LogP contribution in [0, 0.1) is 11.3 Å². The van der Waals surface area contributed by atoms with Crippen LogP contribution in [0.1, 0.15) is 26.5 Å². The summed E-state index contributed by atoms with van der Waals surface area (Å²) in [5, 5.41) is 11.7. The third kappa shape index (κ3) is 3.08. The first kappa shape index (κ1) is 9.46. The molecule has 0 amide bonds. The van der Waals surface area contributed by atoms with Crippen molar-refractivity contribution in [3.8, 4) is 6.07 Å². The first-order valence-electron chi connectivity index (χ1n) is 4.01. The van der Waals surface area contributed by atoms with Crippen LogP contribution in [0.25, 0.3) is 0 Å². The van der Waals surface area contributed by atoms with Gasteiger partial charge in [0.1, 0.15) is 23.9 Å². The van der Waals surface area contributed by atoms with Gasteiger partial charge in [0.15, 0.2) is 0 Å². The zero-order valence-electron chi connectivity index (χ0n) is 8.00. The number of anilines is 1. The highest BCUT2D eigenvalue weighted by atomic mass is 15.1. The Morgan fingerprint density at radius 1 is 1.38 bits per heavy atom. The Hall–Kier alpha value is -1.63. The lowest BCUT2D eigenvalue weighted by molar-refractivity contribution is 0.630. The smallest absolute Gasteiger partial charge is 0.145 e. The Labute approximate surface area is 77.6 Å². The highest BCUT2D eigenvalue weighted by Gasteiger charge is 2.10. The van der Waals surface area contributed by atoms with E-state index >= 15 is 0 Å². The largest absolute Gasteiger partial charge is 0.365 e. The normalized spacial score (nSPS) is 10.6. The van der Waals surface area contributed by atoms with Crippen LogP contribution in [0.15, 0.2) is 12.4 Å². The summed E-state index contributed by atoms with van der Waals surface area (Å²) in [7, 11) is 0. The standard InChI is InChI=1S/C9H12N4/c1-9(2,3)13-8-4-7(5-10)11-6-12-8/h4,6H,1-3H3,(H,11,12,13). The summed E-state index contributed by atoms with van der Waals surface area (Å²) in [5.74, 6) is 0.680. The fourth-order valence-electron chi connectivity index (χ4n) is 0.871. The summed E-state index contributed by atoms with van der Waals surface area (Å²) in [6.07, 6.45) is 1.38. The summed E-state index contributed by atoms with van der Waals surface area (Å²) in [4.78, 5) is 7.78. The number of rotatable bonds is 1. The van der Waals surface area contributed by atoms with Crippen molar-refractivity contribution in [2.45, 2.75) is 26.3 Å². The fraction of sp³-hybridized carbons (Fsp3) is 0.444. The number of nitrogens with zero attached hydrogens (tertiary/aromatic N) is 3. The maximum atomic E-state index is 8.59. The van der Waals surface area contributed by atoms with E-state index in [9.17, 15) is 0 Å². The van der Waals surface area contributed by atoms with Crippen LogP contribution < -0.4 is 5.32 Å². The van der Waals surface area contributed by atoms with Crippen LogP contribution in [-0.2, 0) is 0 Å². The maximum Gasteiger partial charge on any atom is 0.145 e. The van der Waals surface area contributed by atoms with Crippen molar-refractivity contribution in [1.29, 1.82) is 5.26 Å². The highest BCUT2D eigenvalue weighted by molar-refractivity contribution is 5.40. The first-order valence-corrected chi connectivity index (χ1v) is 4.01. The van der Waals surface area contributed by atoms with Crippen molar-refractivity contribution in [2.24, 2.45) is 0 Å². The molecule has 68 valence electrons. The van der Waals surface area contributed by atoms with Gasteiger partial charge in [0.05, 0.1) is 0 Å². The molecule has 0 aliphatic carbocycles. The minimum Gasteiger partial charge on any atom is -0.365 e. The predicted octanol–water partition coefficient (Wildman–Crippen LogP) is 1.56. The second-order valence-electron chi connectivity index (χ2n) is 3.78. The average molecular weight is 176 g/mol. The second kappa shape index (κ2) is 3.40. The molecule has 1 N–H and O–H groups in total. The molecule has 0 aromatic carbocycles. The van der Waals surface area contributed by atoms with Crippen molar-refractivity contribution in [2.75, 3.05) is 5.32 Å². The van der Waals surface area contributed by atoms with Crippen LogP contribution in [0.4, 0.5) is 5.82 Å². The molecule has 0 saturated heterocycles. The lowest BCUT2D eigenvalue weighted by Crippen LogP contribution is -2.26. The zero-order valence-corrected chi connectivity index (χ0v) is 8.00. The molecule has 0 bridgehead atoms. The van der Waals surface area contributed by atoms with Crippen LogP contribution in [0.5, 0.6) is 0 Å². The number of nitrogens with one attached hydrogen (secondary N) is 1. The van der Waals surface area contributed by atoms with E-state index in [0.29, 0.717) is 11.5 Å². The van der Waals surface area contributed by atoms with E-state index in [1.54, 1.807) is 6.07 Å². The van der Waals surface area contributed by atoms with Crippen molar-refractivity contribution >= 4 is 5.82 Å². The summed E-state index contributed by atoms with van der Waals surface area (Å²) in [6.45, 7) is 6.09. The Balaban J connectivity index is 2.86. The van der Waals surface area contributed by atoms with Crippen molar-refractivity contribution in [3.63, 3.8) is 0 Å². The Morgan fingerprint density at radius 2 is 2.08 bits per heavy atom. The van der Waals surface area contributed by atoms with Crippen molar-refractivity contribution < 1.29 is 0 Å². The van der Waals surface area contributed by atoms with Crippen molar-refractivity contribution in [1.82, 2.24) is 9.97 Å². The average Bonchev–Trinajstić information content (AvgIpc) is 2.01. The van der Waals surface area contributed by atoms with Gasteiger partial charge in [-0.25, -0.2) is 9.97 Å². The molecule has 0 atom stereocenters. The van der Waals surface area contributed by atoms with Gasteiger partial charge in [0.2, 0.25) is 0 Å². The van der Waals surface area contributed by atoms with E-state index < -0.39 is 0 Å². The summed E-state index contributed by atoms with van der Waals surface area (Å²) in [5.41, 5.74) is 0.322. The van der Waals surface area contributed by atoms with E-state index in [1.165, 1.54) is 6.33 Å². The molecule has 13 heavy (non-hydrogen) atoms. The zero-order chi connectivity index (χ0) is 9.90. The van der Waals surface area contributed by atoms with Gasteiger partial charge in [-0.3, -0.25) is 0 Å². The van der Waals surface area contributed by atoms with E-state index in [1.807, 2.05) is 26.8 Å². The van der Waals surface area contributed by atoms with Gasteiger partial charge in [-0.2, -0.15) is 5.26 Å². The van der Waals surface area contributed by atoms with Gasteiger partial charge in [0.25, 0.3) is 0 Å². The quantitative estimate of drug-likeness (QED) is 0.705. The Kier molecular flexibility index (Phi) is 2.47. The van der Waals surface area contributed by atoms with E-state index in [2.05, 4.69) is 15.3 Å². The maximum absolute atomic E-state index is 8.59. The minimum atomic E-state index is -0.0545. The van der Waals surface area contributed by atoms with Crippen LogP contribution in [0.3, 0.4) is 0 Å². The molecular weight excluding hydrogens is 164 g/mol. The second-order valence-corrected chi connectivity index (χ2v) is 3.78. The molecule has 0 spiro atoms. The minimum absolute atomic E-state index is 0.0545. The Bertz CT molecular complexity index is 332. The van der Waals surface area contributed by atoms with E-state index in [0.717, 1.165) is 0 Å². The summed E-state index contributed by atoms with van der Waals surface area (Å²) < 4.78 is 0. The van der Waals surface area contributed by atoms with E-state index in [-0.39, 0.29) is 5.54 Å². The monoisotopic (exact) mass is 176 g/mol. The highest BCUT2D eigenvalue weighted by Crippen LogP contribution is 2.11. The molecule has 4 heteroatoms. The van der Waals surface area contributed by atoms with Crippen LogP contribution in [0.2, 0.25) is 0 Å². The van der Waals surface area contributed by atoms with Gasteiger partial charge in [-0.1, -0.05) is 0 Å². The number of nitriles is 1. The summed E-state index contributed by atoms with van der Waals surface area (Å²) in [6, 6.07) is 3.59. The van der Waals surface area contributed by atoms with Crippen LogP contribution >= 0.6 is 0 Å². The van der Waals surface area contributed by atoms with Gasteiger partial charge in [-0.15, -0.1) is 0 Å². The lowest BCUT2D eigenvalue weighted by Gasteiger charge is -2.20. The van der Waals surface area contributed by atoms with Gasteiger partial charge >= 0.3 is 0 Å². The van der Waals surface area contributed by atoms with Crippen LogP contribution in [-0.4, -0.2) is 15.5 Å². The van der Waals surface area contributed by atoms with Gasteiger partial charge in [0, 0.05) is 11.6 Å². The lowest BCUT2D eigenvalue weighted by atomic mass is 10.1. The van der Waals surface area contributed by atoms with E-state index in [4.69, 9.17) is 5.26 Å². The molecule has 0 unspecified atom stereocenters. The topological polar surface area (TPSA) is 61.6 Å². The molecule has 1 rings (SSSR count). The molecule has 0 aliphatic rings. The van der Waals surface area contributed by atoms with Gasteiger partial charge in [-0.05, 0) is 20.8 Å². The molecule has 0 fully saturated rings. The number of hydrogen-bond acceptors (Lipinski definition) is 4. The number of aromatic nitrogens is 2. The molecule has 1 aromatic rings.